The van der Waals surface area contributed by atoms with Crippen molar-refractivity contribution >= 4 is 44.4 Å². The second kappa shape index (κ2) is 8.94. The van der Waals surface area contributed by atoms with Crippen LogP contribution in [-0.2, 0) is 23.0 Å². The third-order valence-electron chi connectivity index (χ3n) is 4.93. The molecule has 0 unspecified atom stereocenters. The summed E-state index contributed by atoms with van der Waals surface area (Å²) in [6.07, 6.45) is 0. The molecule has 34 heavy (non-hydrogen) atoms. The lowest BCUT2D eigenvalue weighted by Crippen LogP contribution is -2.15. The van der Waals surface area contributed by atoms with Crippen LogP contribution in [0.15, 0.2) is 70.9 Å². The molecule has 176 valence electrons. The average Bonchev–Trinajstić information content (AvgIpc) is 3.42. The van der Waals surface area contributed by atoms with E-state index >= 15 is 0 Å². The van der Waals surface area contributed by atoms with E-state index in [1.807, 2.05) is 0 Å². The van der Waals surface area contributed by atoms with Gasteiger partial charge in [0.2, 0.25) is 0 Å². The molecule has 4 rings (SSSR count). The smallest absolute Gasteiger partial charge is 0.286 e. The number of anilines is 1. The Kier molecular flexibility index (Phi) is 6.32. The van der Waals surface area contributed by atoms with Crippen LogP contribution in [0.25, 0.3) is 10.6 Å². The second-order valence-corrected chi connectivity index (χ2v) is 11.0. The van der Waals surface area contributed by atoms with E-state index in [1.54, 1.807) is 30.3 Å². The Balaban J connectivity index is 1.66. The Hall–Kier alpha value is -3.08. The molecule has 4 aromatic rings. The lowest BCUT2D eigenvalue weighted by Gasteiger charge is -2.12. The molecule has 0 radical (unpaired) electrons. The molecule has 0 fully saturated rings. The molecular weight excluding hydrogens is 504 g/mol. The van der Waals surface area contributed by atoms with Gasteiger partial charge in [-0.3, -0.25) is 14.2 Å². The maximum absolute atomic E-state index is 13.7. The molecule has 0 atom stereocenters. The van der Waals surface area contributed by atoms with Crippen molar-refractivity contribution in [2.75, 3.05) is 4.72 Å². The van der Waals surface area contributed by atoms with Gasteiger partial charge in [-0.1, -0.05) is 41.9 Å². The summed E-state index contributed by atoms with van der Waals surface area (Å²) in [6.45, 7) is 0.766. The third-order valence-corrected chi connectivity index (χ3v) is 8.13. The number of alkyl halides is 2. The molecule has 0 saturated heterocycles. The number of sulfonamides is 1. The van der Waals surface area contributed by atoms with Crippen molar-refractivity contribution in [3.63, 3.8) is 0 Å². The molecule has 1 N–H and O–H groups in total. The van der Waals surface area contributed by atoms with Crippen molar-refractivity contribution in [2.45, 2.75) is 17.1 Å². The number of aryl methyl sites for hydroxylation is 1. The van der Waals surface area contributed by atoms with E-state index in [9.17, 15) is 22.0 Å². The van der Waals surface area contributed by atoms with Crippen LogP contribution in [0.4, 0.5) is 14.5 Å². The summed E-state index contributed by atoms with van der Waals surface area (Å²) in [4.78, 5) is 13.4. The highest BCUT2D eigenvalue weighted by molar-refractivity contribution is 7.94. The molecule has 11 heteroatoms. The van der Waals surface area contributed by atoms with Gasteiger partial charge in [-0.25, -0.2) is 8.42 Å². The number of rotatable bonds is 7. The molecule has 0 saturated carbocycles. The van der Waals surface area contributed by atoms with Crippen molar-refractivity contribution in [3.8, 4) is 10.6 Å². The molecule has 0 spiro atoms. The zero-order valence-corrected chi connectivity index (χ0v) is 20.3. The second-order valence-electron chi connectivity index (χ2n) is 7.54. The molecule has 0 aliphatic heterocycles. The van der Waals surface area contributed by atoms with E-state index in [4.69, 9.17) is 11.6 Å². The fourth-order valence-electron chi connectivity index (χ4n) is 3.33. The Morgan fingerprint density at radius 2 is 1.79 bits per heavy atom. The molecule has 2 aromatic heterocycles. The molecular formula is C23H18ClF2N3O3S2. The van der Waals surface area contributed by atoms with Crippen LogP contribution in [0, 0.1) is 0 Å². The number of halogens is 3. The van der Waals surface area contributed by atoms with Gasteiger partial charge in [0.05, 0.1) is 10.6 Å². The van der Waals surface area contributed by atoms with Gasteiger partial charge in [-0.2, -0.15) is 13.9 Å². The van der Waals surface area contributed by atoms with Crippen LogP contribution in [-0.4, -0.2) is 24.0 Å². The SMILES string of the molecule is Cn1nc(-c2ccc(S(=O)(=O)Nc3ccc(Cl)cc3C(=O)c3ccccc3)s2)cc1C(C)(F)F. The summed E-state index contributed by atoms with van der Waals surface area (Å²) < 4.78 is 57.1. The van der Waals surface area contributed by atoms with Crippen molar-refractivity contribution in [1.82, 2.24) is 9.78 Å². The highest BCUT2D eigenvalue weighted by atomic mass is 35.5. The molecule has 2 aromatic carbocycles. The van der Waals surface area contributed by atoms with Crippen LogP contribution < -0.4 is 4.72 Å². The van der Waals surface area contributed by atoms with Crippen molar-refractivity contribution in [1.29, 1.82) is 0 Å². The van der Waals surface area contributed by atoms with Gasteiger partial charge in [-0.05, 0) is 36.4 Å². The number of carbonyl (C=O) groups is 1. The first kappa shape index (κ1) is 24.1. The van der Waals surface area contributed by atoms with E-state index in [2.05, 4.69) is 9.82 Å². The van der Waals surface area contributed by atoms with E-state index in [1.165, 1.54) is 43.4 Å². The summed E-state index contributed by atoms with van der Waals surface area (Å²) in [7, 11) is -2.70. The van der Waals surface area contributed by atoms with E-state index < -0.39 is 21.7 Å². The minimum Gasteiger partial charge on any atom is -0.289 e. The van der Waals surface area contributed by atoms with E-state index in [0.29, 0.717) is 10.4 Å². The Morgan fingerprint density at radius 1 is 1.09 bits per heavy atom. The molecule has 0 amide bonds. The van der Waals surface area contributed by atoms with Gasteiger partial charge in [0, 0.05) is 30.1 Å². The maximum atomic E-state index is 13.7. The first-order valence-corrected chi connectivity index (χ1v) is 12.6. The number of aromatic nitrogens is 2. The van der Waals surface area contributed by atoms with Crippen LogP contribution >= 0.6 is 22.9 Å². The van der Waals surface area contributed by atoms with E-state index in [-0.39, 0.29) is 31.9 Å². The lowest BCUT2D eigenvalue weighted by atomic mass is 10.0. The zero-order chi connectivity index (χ0) is 24.7. The molecule has 0 aliphatic carbocycles. The van der Waals surface area contributed by atoms with Crippen molar-refractivity contribution < 1.29 is 22.0 Å². The van der Waals surface area contributed by atoms with Crippen molar-refractivity contribution in [3.05, 3.63) is 88.6 Å². The van der Waals surface area contributed by atoms with Crippen LogP contribution in [0.2, 0.25) is 5.02 Å². The normalized spacial score (nSPS) is 12.0. The highest BCUT2D eigenvalue weighted by Crippen LogP contribution is 2.35. The molecule has 6 nitrogen and oxygen atoms in total. The summed E-state index contributed by atoms with van der Waals surface area (Å²) in [6, 6.07) is 16.8. The third kappa shape index (κ3) is 4.89. The molecule has 2 heterocycles. The molecule has 0 aliphatic rings. The van der Waals surface area contributed by atoms with Gasteiger partial charge in [-0.15, -0.1) is 11.3 Å². The predicted molar refractivity (Wildman–Crippen MR) is 128 cm³/mol. The van der Waals surface area contributed by atoms with Crippen LogP contribution in [0.3, 0.4) is 0 Å². The van der Waals surface area contributed by atoms with Crippen LogP contribution in [0.1, 0.15) is 28.5 Å². The zero-order valence-electron chi connectivity index (χ0n) is 17.9. The number of hydrogen-bond donors (Lipinski definition) is 1. The van der Waals surface area contributed by atoms with Crippen molar-refractivity contribution in [2.24, 2.45) is 7.05 Å². The number of ketones is 1. The lowest BCUT2D eigenvalue weighted by molar-refractivity contribution is 0.00882. The molecule has 0 bridgehead atoms. The summed E-state index contributed by atoms with van der Waals surface area (Å²) in [5, 5.41) is 4.36. The van der Waals surface area contributed by atoms with Crippen LogP contribution in [0.5, 0.6) is 0 Å². The summed E-state index contributed by atoms with van der Waals surface area (Å²) in [5.41, 5.74) is 0.487. The monoisotopic (exact) mass is 521 g/mol. The average molecular weight is 522 g/mol. The van der Waals surface area contributed by atoms with Gasteiger partial charge in [0.15, 0.2) is 5.78 Å². The standard InChI is InChI=1S/C23H18ClF2N3O3S2/c1-23(25,26)20-13-18(27-29(20)2)19-10-11-21(33-19)34(31,32)28-17-9-8-15(24)12-16(17)22(30)14-6-4-3-5-7-14/h3-13,28H,1-2H3. The number of benzene rings is 2. The minimum atomic E-state index is -4.09. The Morgan fingerprint density at radius 3 is 2.44 bits per heavy atom. The largest absolute Gasteiger partial charge is 0.289 e. The topological polar surface area (TPSA) is 81.1 Å². The van der Waals surface area contributed by atoms with E-state index in [0.717, 1.165) is 22.9 Å². The highest BCUT2D eigenvalue weighted by Gasteiger charge is 2.30. The number of nitrogens with zero attached hydrogens (tertiary/aromatic N) is 2. The first-order chi connectivity index (χ1) is 16.0. The number of carbonyl (C=O) groups excluding carboxylic acids is 1. The van der Waals surface area contributed by atoms with Gasteiger partial charge in [0.1, 0.15) is 15.6 Å². The summed E-state index contributed by atoms with van der Waals surface area (Å²) in [5.74, 6) is -3.49. The fourth-order valence-corrected chi connectivity index (χ4v) is 5.85. The van der Waals surface area contributed by atoms with Gasteiger partial charge in [0.25, 0.3) is 15.9 Å². The Labute approximate surface area is 203 Å². The quantitative estimate of drug-likeness (QED) is 0.305. The first-order valence-electron chi connectivity index (χ1n) is 9.90. The number of hydrogen-bond acceptors (Lipinski definition) is 5. The maximum Gasteiger partial charge on any atom is 0.286 e. The predicted octanol–water partition coefficient (Wildman–Crippen LogP) is 5.95. The number of thiophene rings is 1. The Bertz CT molecular complexity index is 1480. The fraction of sp³-hybridized carbons (Fsp3) is 0.130. The number of nitrogens with one attached hydrogen (secondary N) is 1. The van der Waals surface area contributed by atoms with Gasteiger partial charge < -0.3 is 0 Å². The summed E-state index contributed by atoms with van der Waals surface area (Å²) >= 11 is 6.94. The minimum absolute atomic E-state index is 0.0639. The van der Waals surface area contributed by atoms with Gasteiger partial charge >= 0.3 is 0 Å².